The Kier molecular flexibility index (Phi) is 4.26. The van der Waals surface area contributed by atoms with Crippen LogP contribution >= 0.6 is 11.3 Å². The van der Waals surface area contributed by atoms with Crippen LogP contribution in [0.25, 0.3) is 0 Å². The van der Waals surface area contributed by atoms with Crippen LogP contribution in [0.5, 0.6) is 0 Å². The second-order valence-electron chi connectivity index (χ2n) is 6.18. The Morgan fingerprint density at radius 2 is 2.12 bits per heavy atom. The first kappa shape index (κ1) is 13.1. The van der Waals surface area contributed by atoms with E-state index in [0.29, 0.717) is 11.5 Å². The Morgan fingerprint density at radius 1 is 1.41 bits per heavy atom. The van der Waals surface area contributed by atoms with Gasteiger partial charge >= 0.3 is 0 Å². The lowest BCUT2D eigenvalue weighted by molar-refractivity contribution is 0.164. The number of hydrogen-bond acceptors (Lipinski definition) is 2. The molecule has 1 heterocycles. The third kappa shape index (κ3) is 3.56. The van der Waals surface area contributed by atoms with Gasteiger partial charge in [0.25, 0.3) is 0 Å². The molecule has 0 spiro atoms. The summed E-state index contributed by atoms with van der Waals surface area (Å²) in [6, 6.07) is 5.10. The van der Waals surface area contributed by atoms with Crippen LogP contribution in [0.3, 0.4) is 0 Å². The predicted molar refractivity (Wildman–Crippen MR) is 76.6 cm³/mol. The van der Waals surface area contributed by atoms with E-state index in [2.05, 4.69) is 43.7 Å². The minimum Gasteiger partial charge on any atom is -0.316 e. The molecule has 1 aromatic rings. The molecule has 0 aliphatic heterocycles. The number of nitrogens with one attached hydrogen (secondary N) is 1. The molecular formula is C15H25NS. The Morgan fingerprint density at radius 3 is 2.65 bits per heavy atom. The lowest BCUT2D eigenvalue weighted by Gasteiger charge is -2.38. The maximum absolute atomic E-state index is 3.54. The highest BCUT2D eigenvalue weighted by Gasteiger charge is 2.30. The van der Waals surface area contributed by atoms with Crippen molar-refractivity contribution in [3.05, 3.63) is 22.4 Å². The molecule has 1 aliphatic carbocycles. The maximum atomic E-state index is 3.54. The zero-order valence-corrected chi connectivity index (χ0v) is 12.1. The molecule has 1 N–H and O–H groups in total. The molecule has 17 heavy (non-hydrogen) atoms. The fourth-order valence-corrected chi connectivity index (χ4v) is 3.74. The van der Waals surface area contributed by atoms with Gasteiger partial charge in [-0.05, 0) is 61.9 Å². The van der Waals surface area contributed by atoms with Crippen molar-refractivity contribution >= 4 is 11.3 Å². The van der Waals surface area contributed by atoms with E-state index in [1.54, 1.807) is 0 Å². The molecule has 1 nitrogen and oxygen atoms in total. The molecule has 1 atom stereocenters. The number of likely N-dealkylation sites (N-methyl/N-ethyl adjacent to an activating group) is 1. The second kappa shape index (κ2) is 5.53. The topological polar surface area (TPSA) is 12.0 Å². The summed E-state index contributed by atoms with van der Waals surface area (Å²) in [4.78, 5) is 1.52. The van der Waals surface area contributed by atoms with Gasteiger partial charge in [-0.15, -0.1) is 11.3 Å². The average molecular weight is 251 g/mol. The molecule has 0 amide bonds. The van der Waals surface area contributed by atoms with Crippen molar-refractivity contribution in [1.82, 2.24) is 5.32 Å². The highest BCUT2D eigenvalue weighted by atomic mass is 32.1. The average Bonchev–Trinajstić information content (AvgIpc) is 2.79. The summed E-state index contributed by atoms with van der Waals surface area (Å²) in [6.07, 6.45) is 6.77. The van der Waals surface area contributed by atoms with Gasteiger partial charge < -0.3 is 5.32 Å². The summed E-state index contributed by atoms with van der Waals surface area (Å²) >= 11 is 1.89. The van der Waals surface area contributed by atoms with Gasteiger partial charge in [0.1, 0.15) is 0 Å². The Labute approximate surface area is 110 Å². The molecule has 0 radical (unpaired) electrons. The molecule has 1 unspecified atom stereocenters. The van der Waals surface area contributed by atoms with Gasteiger partial charge in [0, 0.05) is 10.9 Å². The van der Waals surface area contributed by atoms with Gasteiger partial charge in [0.2, 0.25) is 0 Å². The molecule has 1 aliphatic rings. The van der Waals surface area contributed by atoms with Gasteiger partial charge in [-0.1, -0.05) is 19.9 Å². The monoisotopic (exact) mass is 251 g/mol. The molecule has 1 fully saturated rings. The maximum Gasteiger partial charge on any atom is 0.0141 e. The summed E-state index contributed by atoms with van der Waals surface area (Å²) in [5.74, 6) is 0.870. The summed E-state index contributed by atoms with van der Waals surface area (Å²) in [6.45, 7) is 4.83. The van der Waals surface area contributed by atoms with Crippen molar-refractivity contribution in [3.8, 4) is 0 Å². The van der Waals surface area contributed by atoms with Crippen molar-refractivity contribution in [1.29, 1.82) is 0 Å². The highest BCUT2D eigenvalue weighted by molar-refractivity contribution is 7.09. The largest absolute Gasteiger partial charge is 0.316 e. The van der Waals surface area contributed by atoms with Gasteiger partial charge in [0.05, 0.1) is 0 Å². The first-order valence-electron chi connectivity index (χ1n) is 6.80. The Bertz CT molecular complexity index is 319. The highest BCUT2D eigenvalue weighted by Crippen LogP contribution is 2.39. The van der Waals surface area contributed by atoms with Crippen LogP contribution in [0.15, 0.2) is 17.5 Å². The van der Waals surface area contributed by atoms with Crippen LogP contribution in [0, 0.1) is 11.3 Å². The molecule has 0 bridgehead atoms. The third-order valence-electron chi connectivity index (χ3n) is 4.32. The number of rotatable bonds is 4. The van der Waals surface area contributed by atoms with Crippen molar-refractivity contribution in [2.24, 2.45) is 11.3 Å². The van der Waals surface area contributed by atoms with E-state index in [1.807, 2.05) is 11.3 Å². The normalized spacial score (nSPS) is 22.5. The minimum absolute atomic E-state index is 0.581. The zero-order chi connectivity index (χ0) is 12.3. The van der Waals surface area contributed by atoms with Crippen LogP contribution in [0.2, 0.25) is 0 Å². The lowest BCUT2D eigenvalue weighted by Crippen LogP contribution is -2.38. The molecule has 2 rings (SSSR count). The number of thiophene rings is 1. The van der Waals surface area contributed by atoms with Crippen molar-refractivity contribution in [2.75, 3.05) is 7.05 Å². The molecule has 1 saturated carbocycles. The molecule has 0 aromatic carbocycles. The van der Waals surface area contributed by atoms with E-state index < -0.39 is 0 Å². The van der Waals surface area contributed by atoms with E-state index in [1.165, 1.54) is 37.0 Å². The number of hydrogen-bond donors (Lipinski definition) is 1. The summed E-state index contributed by atoms with van der Waals surface area (Å²) in [7, 11) is 2.12. The molecule has 2 heteroatoms. The summed E-state index contributed by atoms with van der Waals surface area (Å²) in [5, 5.41) is 5.73. The van der Waals surface area contributed by atoms with Gasteiger partial charge in [-0.25, -0.2) is 0 Å². The van der Waals surface area contributed by atoms with Gasteiger partial charge in [0.15, 0.2) is 0 Å². The first-order chi connectivity index (χ1) is 8.11. The standard InChI is InChI=1S/C15H25NS/c1-15(2)8-6-12(7-9-15)14(16-3)11-13-5-4-10-17-13/h4-5,10,12,14,16H,6-9,11H2,1-3H3. The molecular weight excluding hydrogens is 226 g/mol. The quantitative estimate of drug-likeness (QED) is 0.849. The van der Waals surface area contributed by atoms with Crippen LogP contribution in [-0.4, -0.2) is 13.1 Å². The summed E-state index contributed by atoms with van der Waals surface area (Å²) < 4.78 is 0. The van der Waals surface area contributed by atoms with E-state index in [4.69, 9.17) is 0 Å². The summed E-state index contributed by atoms with van der Waals surface area (Å²) in [5.41, 5.74) is 0.581. The Balaban J connectivity index is 1.91. The van der Waals surface area contributed by atoms with Crippen LogP contribution < -0.4 is 5.32 Å². The van der Waals surface area contributed by atoms with Crippen LogP contribution in [-0.2, 0) is 6.42 Å². The van der Waals surface area contributed by atoms with E-state index in [0.717, 1.165) is 5.92 Å². The zero-order valence-electron chi connectivity index (χ0n) is 11.3. The van der Waals surface area contributed by atoms with Crippen molar-refractivity contribution in [2.45, 2.75) is 52.0 Å². The first-order valence-corrected chi connectivity index (χ1v) is 7.68. The van der Waals surface area contributed by atoms with Crippen LogP contribution in [0.4, 0.5) is 0 Å². The fraction of sp³-hybridized carbons (Fsp3) is 0.733. The Hall–Kier alpha value is -0.340. The molecule has 0 saturated heterocycles. The SMILES string of the molecule is CNC(Cc1cccs1)C1CCC(C)(C)CC1. The van der Waals surface area contributed by atoms with E-state index in [-0.39, 0.29) is 0 Å². The molecule has 1 aromatic heterocycles. The van der Waals surface area contributed by atoms with Gasteiger partial charge in [-0.3, -0.25) is 0 Å². The van der Waals surface area contributed by atoms with Gasteiger partial charge in [-0.2, -0.15) is 0 Å². The smallest absolute Gasteiger partial charge is 0.0141 e. The lowest BCUT2D eigenvalue weighted by atomic mass is 9.70. The molecule has 96 valence electrons. The van der Waals surface area contributed by atoms with Crippen molar-refractivity contribution in [3.63, 3.8) is 0 Å². The second-order valence-corrected chi connectivity index (χ2v) is 7.21. The van der Waals surface area contributed by atoms with Crippen LogP contribution in [0.1, 0.15) is 44.4 Å². The van der Waals surface area contributed by atoms with E-state index >= 15 is 0 Å². The minimum atomic E-state index is 0.581. The van der Waals surface area contributed by atoms with Crippen molar-refractivity contribution < 1.29 is 0 Å². The third-order valence-corrected chi connectivity index (χ3v) is 5.22. The predicted octanol–water partition coefficient (Wildman–Crippen LogP) is 4.10. The van der Waals surface area contributed by atoms with E-state index in [9.17, 15) is 0 Å². The fourth-order valence-electron chi connectivity index (χ4n) is 2.97.